The average molecular weight is 247 g/mol. The summed E-state index contributed by atoms with van der Waals surface area (Å²) in [5, 5.41) is 6.81. The van der Waals surface area contributed by atoms with Crippen LogP contribution in [0.1, 0.15) is 33.1 Å². The molecule has 0 amide bonds. The number of nitrogens with one attached hydrogen (secondary N) is 1. The lowest BCUT2D eigenvalue weighted by molar-refractivity contribution is 0.378. The summed E-state index contributed by atoms with van der Waals surface area (Å²) in [6.45, 7) is 4.68. The van der Waals surface area contributed by atoms with E-state index in [1.54, 1.807) is 17.7 Å². The Bertz CT molecular complexity index is 532. The van der Waals surface area contributed by atoms with Crippen LogP contribution in [-0.2, 0) is 0 Å². The van der Waals surface area contributed by atoms with Crippen molar-refractivity contribution in [2.45, 2.75) is 39.2 Å². The van der Waals surface area contributed by atoms with E-state index in [-0.39, 0.29) is 0 Å². The van der Waals surface area contributed by atoms with E-state index in [4.69, 9.17) is 0 Å². The molecule has 0 bridgehead atoms. The van der Waals surface area contributed by atoms with Gasteiger partial charge in [-0.1, -0.05) is 13.8 Å². The molecular formula is C13H17N3S. The van der Waals surface area contributed by atoms with Crippen LogP contribution in [0.2, 0.25) is 0 Å². The number of thiophene rings is 1. The first kappa shape index (κ1) is 11.0. The summed E-state index contributed by atoms with van der Waals surface area (Å²) in [5.74, 6) is 0.999. The molecule has 1 unspecified atom stereocenters. The molecular weight excluding hydrogens is 230 g/mol. The molecule has 17 heavy (non-hydrogen) atoms. The summed E-state index contributed by atoms with van der Waals surface area (Å²) in [4.78, 5) is 9.72. The predicted molar refractivity (Wildman–Crippen MR) is 72.5 cm³/mol. The van der Waals surface area contributed by atoms with Crippen molar-refractivity contribution in [3.8, 4) is 0 Å². The second-order valence-electron chi connectivity index (χ2n) is 5.61. The SMILES string of the molecule is CC1(C)CCC(Nc2ncnc3sccc23)C1. The van der Waals surface area contributed by atoms with E-state index in [1.807, 2.05) is 0 Å². The summed E-state index contributed by atoms with van der Waals surface area (Å²) in [5.41, 5.74) is 0.471. The smallest absolute Gasteiger partial charge is 0.138 e. The van der Waals surface area contributed by atoms with E-state index in [0.717, 1.165) is 16.0 Å². The number of hydrogen-bond acceptors (Lipinski definition) is 4. The van der Waals surface area contributed by atoms with Crippen molar-refractivity contribution in [3.05, 3.63) is 17.8 Å². The molecule has 0 spiro atoms. The third-order valence-electron chi connectivity index (χ3n) is 3.57. The van der Waals surface area contributed by atoms with Crippen LogP contribution in [0.25, 0.3) is 10.2 Å². The van der Waals surface area contributed by atoms with Gasteiger partial charge in [-0.25, -0.2) is 9.97 Å². The highest BCUT2D eigenvalue weighted by Crippen LogP contribution is 2.38. The van der Waals surface area contributed by atoms with Crippen LogP contribution in [0.3, 0.4) is 0 Å². The van der Waals surface area contributed by atoms with Crippen LogP contribution in [0.5, 0.6) is 0 Å². The second kappa shape index (κ2) is 3.95. The highest BCUT2D eigenvalue weighted by atomic mass is 32.1. The van der Waals surface area contributed by atoms with E-state index in [1.165, 1.54) is 19.3 Å². The van der Waals surface area contributed by atoms with Crippen molar-refractivity contribution < 1.29 is 0 Å². The van der Waals surface area contributed by atoms with Gasteiger partial charge in [0.05, 0.1) is 5.39 Å². The van der Waals surface area contributed by atoms with Gasteiger partial charge in [-0.15, -0.1) is 11.3 Å². The van der Waals surface area contributed by atoms with E-state index < -0.39 is 0 Å². The number of rotatable bonds is 2. The fourth-order valence-corrected chi connectivity index (χ4v) is 3.39. The summed E-state index contributed by atoms with van der Waals surface area (Å²) in [6.07, 6.45) is 5.41. The highest BCUT2D eigenvalue weighted by molar-refractivity contribution is 7.16. The zero-order valence-corrected chi connectivity index (χ0v) is 11.0. The summed E-state index contributed by atoms with van der Waals surface area (Å²) in [6, 6.07) is 2.66. The molecule has 3 nitrogen and oxygen atoms in total. The molecule has 2 aromatic heterocycles. The molecule has 0 aromatic carbocycles. The first-order valence-corrected chi connectivity index (χ1v) is 6.97. The Morgan fingerprint density at radius 3 is 3.06 bits per heavy atom. The molecule has 0 radical (unpaired) electrons. The Balaban J connectivity index is 1.84. The lowest BCUT2D eigenvalue weighted by atomic mass is 9.92. The van der Waals surface area contributed by atoms with Gasteiger partial charge in [-0.2, -0.15) is 0 Å². The van der Waals surface area contributed by atoms with Gasteiger partial charge in [0.1, 0.15) is 17.0 Å². The summed E-state index contributed by atoms with van der Waals surface area (Å²) in [7, 11) is 0. The molecule has 1 aliphatic rings. The van der Waals surface area contributed by atoms with Gasteiger partial charge in [0.2, 0.25) is 0 Å². The molecule has 0 saturated heterocycles. The fraction of sp³-hybridized carbons (Fsp3) is 0.538. The van der Waals surface area contributed by atoms with Gasteiger partial charge < -0.3 is 5.32 Å². The molecule has 4 heteroatoms. The second-order valence-corrected chi connectivity index (χ2v) is 6.50. The zero-order valence-electron chi connectivity index (χ0n) is 10.2. The third-order valence-corrected chi connectivity index (χ3v) is 4.39. The van der Waals surface area contributed by atoms with Crippen molar-refractivity contribution in [2.75, 3.05) is 5.32 Å². The van der Waals surface area contributed by atoms with Crippen molar-refractivity contribution in [2.24, 2.45) is 5.41 Å². The van der Waals surface area contributed by atoms with Gasteiger partial charge >= 0.3 is 0 Å². The summed E-state index contributed by atoms with van der Waals surface area (Å²) >= 11 is 1.67. The molecule has 1 aliphatic carbocycles. The molecule has 0 aliphatic heterocycles. The molecule has 1 atom stereocenters. The van der Waals surface area contributed by atoms with Crippen LogP contribution in [0.15, 0.2) is 17.8 Å². The normalized spacial score (nSPS) is 23.1. The number of nitrogens with zero attached hydrogens (tertiary/aromatic N) is 2. The monoisotopic (exact) mass is 247 g/mol. The van der Waals surface area contributed by atoms with Crippen molar-refractivity contribution in [1.82, 2.24) is 9.97 Å². The van der Waals surface area contributed by atoms with Crippen LogP contribution in [0, 0.1) is 5.41 Å². The Morgan fingerprint density at radius 2 is 2.29 bits per heavy atom. The third kappa shape index (κ3) is 2.14. The van der Waals surface area contributed by atoms with E-state index in [9.17, 15) is 0 Å². The Hall–Kier alpha value is -1.16. The quantitative estimate of drug-likeness (QED) is 0.879. The van der Waals surface area contributed by atoms with Gasteiger partial charge in [-0.05, 0) is 36.1 Å². The maximum Gasteiger partial charge on any atom is 0.138 e. The molecule has 90 valence electrons. The number of anilines is 1. The summed E-state index contributed by atoms with van der Waals surface area (Å²) < 4.78 is 0. The molecule has 2 heterocycles. The van der Waals surface area contributed by atoms with Crippen molar-refractivity contribution in [3.63, 3.8) is 0 Å². The first-order chi connectivity index (χ1) is 8.14. The van der Waals surface area contributed by atoms with Crippen LogP contribution >= 0.6 is 11.3 Å². The highest BCUT2D eigenvalue weighted by Gasteiger charge is 2.31. The van der Waals surface area contributed by atoms with Crippen molar-refractivity contribution >= 4 is 27.4 Å². The topological polar surface area (TPSA) is 37.8 Å². The maximum absolute atomic E-state index is 4.37. The number of aromatic nitrogens is 2. The van der Waals surface area contributed by atoms with Crippen LogP contribution in [0.4, 0.5) is 5.82 Å². The average Bonchev–Trinajstić information content (AvgIpc) is 2.85. The van der Waals surface area contributed by atoms with Gasteiger partial charge in [0.25, 0.3) is 0 Å². The molecule has 1 N–H and O–H groups in total. The minimum absolute atomic E-state index is 0.471. The van der Waals surface area contributed by atoms with Crippen LogP contribution < -0.4 is 5.32 Å². The zero-order chi connectivity index (χ0) is 11.9. The van der Waals surface area contributed by atoms with E-state index in [2.05, 4.69) is 40.6 Å². The number of fused-ring (bicyclic) bond motifs is 1. The Kier molecular flexibility index (Phi) is 2.54. The van der Waals surface area contributed by atoms with Gasteiger partial charge in [-0.3, -0.25) is 0 Å². The van der Waals surface area contributed by atoms with Gasteiger partial charge in [0, 0.05) is 6.04 Å². The lowest BCUT2D eigenvalue weighted by Gasteiger charge is -2.18. The van der Waals surface area contributed by atoms with E-state index in [0.29, 0.717) is 11.5 Å². The molecule has 1 saturated carbocycles. The van der Waals surface area contributed by atoms with Crippen molar-refractivity contribution in [1.29, 1.82) is 0 Å². The minimum atomic E-state index is 0.471. The molecule has 3 rings (SSSR count). The first-order valence-electron chi connectivity index (χ1n) is 6.09. The molecule has 1 fully saturated rings. The fourth-order valence-electron chi connectivity index (χ4n) is 2.66. The lowest BCUT2D eigenvalue weighted by Crippen LogP contribution is -2.18. The largest absolute Gasteiger partial charge is 0.367 e. The number of hydrogen-bond donors (Lipinski definition) is 1. The maximum atomic E-state index is 4.37. The Morgan fingerprint density at radius 1 is 1.41 bits per heavy atom. The minimum Gasteiger partial charge on any atom is -0.367 e. The molecule has 2 aromatic rings. The van der Waals surface area contributed by atoms with Gasteiger partial charge in [0.15, 0.2) is 0 Å². The van der Waals surface area contributed by atoms with E-state index >= 15 is 0 Å². The Labute approximate surface area is 105 Å². The van der Waals surface area contributed by atoms with Crippen LogP contribution in [-0.4, -0.2) is 16.0 Å². The standard InChI is InChI=1S/C13H17N3S/c1-13(2)5-3-9(7-13)16-11-10-4-6-17-12(10)15-8-14-11/h4,6,8-9H,3,5,7H2,1-2H3,(H,14,15,16). The predicted octanol–water partition coefficient (Wildman–Crippen LogP) is 3.68.